The van der Waals surface area contributed by atoms with E-state index in [2.05, 4.69) is 15.9 Å². The Morgan fingerprint density at radius 3 is 2.30 bits per heavy atom. The molecule has 1 aromatic rings. The van der Waals surface area contributed by atoms with Gasteiger partial charge < -0.3 is 19.3 Å². The van der Waals surface area contributed by atoms with Crippen molar-refractivity contribution in [2.75, 3.05) is 27.1 Å². The van der Waals surface area contributed by atoms with Crippen LogP contribution >= 0.6 is 15.9 Å². The van der Waals surface area contributed by atoms with Crippen molar-refractivity contribution in [3.63, 3.8) is 0 Å². The minimum absolute atomic E-state index is 0.0472. The third-order valence-electron chi connectivity index (χ3n) is 4.67. The fourth-order valence-electron chi connectivity index (χ4n) is 3.23. The van der Waals surface area contributed by atoms with E-state index < -0.39 is 16.3 Å². The van der Waals surface area contributed by atoms with Gasteiger partial charge in [0.25, 0.3) is 0 Å². The largest absolute Gasteiger partial charge is 0.385 e. The van der Waals surface area contributed by atoms with E-state index in [0.29, 0.717) is 51.7 Å². The number of rotatable bonds is 15. The van der Waals surface area contributed by atoms with Gasteiger partial charge in [-0.25, -0.2) is 4.39 Å². The number of hydrogen-bond acceptors (Lipinski definition) is 4. The third-order valence-corrected chi connectivity index (χ3v) is 5.92. The maximum atomic E-state index is 15.9. The summed E-state index contributed by atoms with van der Waals surface area (Å²) in [7, 11) is 1.59. The molecule has 0 aliphatic carbocycles. The Morgan fingerprint density at radius 1 is 1.11 bits per heavy atom. The van der Waals surface area contributed by atoms with Crippen LogP contribution in [-0.2, 0) is 20.6 Å². The van der Waals surface area contributed by atoms with E-state index in [-0.39, 0.29) is 6.79 Å². The van der Waals surface area contributed by atoms with E-state index in [1.807, 2.05) is 44.2 Å². The molecular weight excluding hydrogens is 415 g/mol. The fourth-order valence-corrected chi connectivity index (χ4v) is 3.99. The molecule has 0 aliphatic heterocycles. The molecule has 1 aromatic carbocycles. The standard InChI is InChI=1S/C21H34BrFO4/c1-4-13-20(24,14-5-2)21(22,23)19(27-17-26-16-15-25-3)12-11-18-9-7-6-8-10-18/h6-10,19,24H,4-5,11-17H2,1-3H3/t19-,21-/m0/s1. The topological polar surface area (TPSA) is 47.9 Å². The second kappa shape index (κ2) is 12.8. The molecule has 0 unspecified atom stereocenters. The molecule has 0 heterocycles. The van der Waals surface area contributed by atoms with Crippen LogP contribution in [0.4, 0.5) is 4.39 Å². The molecule has 2 atom stereocenters. The predicted octanol–water partition coefficient (Wildman–Crippen LogP) is 5.02. The summed E-state index contributed by atoms with van der Waals surface area (Å²) in [5, 5.41) is 11.1. The van der Waals surface area contributed by atoms with E-state index in [1.165, 1.54) is 0 Å². The van der Waals surface area contributed by atoms with Crippen LogP contribution in [0, 0.1) is 0 Å². The molecule has 0 fully saturated rings. The molecule has 156 valence electrons. The molecule has 27 heavy (non-hydrogen) atoms. The van der Waals surface area contributed by atoms with Crippen molar-refractivity contribution in [1.82, 2.24) is 0 Å². The van der Waals surface area contributed by atoms with Crippen molar-refractivity contribution in [2.24, 2.45) is 0 Å². The first-order chi connectivity index (χ1) is 12.9. The molecule has 6 heteroatoms. The van der Waals surface area contributed by atoms with E-state index in [1.54, 1.807) is 7.11 Å². The van der Waals surface area contributed by atoms with Crippen LogP contribution in [0.25, 0.3) is 0 Å². The van der Waals surface area contributed by atoms with Gasteiger partial charge in [0.05, 0.1) is 13.2 Å². The average Bonchev–Trinajstić information content (AvgIpc) is 2.65. The summed E-state index contributed by atoms with van der Waals surface area (Å²) in [6.07, 6.45) is 2.32. The Balaban J connectivity index is 2.87. The number of aliphatic hydroxyl groups is 1. The summed E-state index contributed by atoms with van der Waals surface area (Å²) in [6, 6.07) is 9.88. The summed E-state index contributed by atoms with van der Waals surface area (Å²) in [5.74, 6) is 0. The molecule has 0 saturated carbocycles. The molecule has 0 spiro atoms. The first kappa shape index (κ1) is 24.5. The number of ether oxygens (including phenoxy) is 3. The lowest BCUT2D eigenvalue weighted by atomic mass is 9.83. The number of halogens is 2. The highest BCUT2D eigenvalue weighted by Crippen LogP contribution is 2.45. The van der Waals surface area contributed by atoms with E-state index in [9.17, 15) is 5.11 Å². The summed E-state index contributed by atoms with van der Waals surface area (Å²) in [4.78, 5) is 0. The van der Waals surface area contributed by atoms with Crippen LogP contribution in [0.1, 0.15) is 51.5 Å². The zero-order valence-corrected chi connectivity index (χ0v) is 18.3. The average molecular weight is 449 g/mol. The highest BCUT2D eigenvalue weighted by atomic mass is 79.9. The molecule has 0 aliphatic rings. The third kappa shape index (κ3) is 7.78. The lowest BCUT2D eigenvalue weighted by Gasteiger charge is -2.42. The molecular formula is C21H34BrFO4. The van der Waals surface area contributed by atoms with Gasteiger partial charge in [-0.3, -0.25) is 0 Å². The van der Waals surface area contributed by atoms with E-state index in [0.717, 1.165) is 5.56 Å². The molecule has 0 amide bonds. The number of hydrogen-bond donors (Lipinski definition) is 1. The molecule has 4 nitrogen and oxygen atoms in total. The Bertz CT molecular complexity index is 492. The smallest absolute Gasteiger partial charge is 0.219 e. The van der Waals surface area contributed by atoms with Crippen molar-refractivity contribution >= 4 is 15.9 Å². The monoisotopic (exact) mass is 448 g/mol. The van der Waals surface area contributed by atoms with Crippen LogP contribution in [0.3, 0.4) is 0 Å². The number of aryl methyl sites for hydroxylation is 1. The zero-order chi connectivity index (χ0) is 20.2. The molecule has 1 N–H and O–H groups in total. The molecule has 0 saturated heterocycles. The lowest BCUT2D eigenvalue weighted by Crippen LogP contribution is -2.55. The van der Waals surface area contributed by atoms with Gasteiger partial charge in [0.1, 0.15) is 18.5 Å². The van der Waals surface area contributed by atoms with Crippen LogP contribution in [0.2, 0.25) is 0 Å². The Labute approximate surface area is 171 Å². The minimum Gasteiger partial charge on any atom is -0.385 e. The normalized spacial score (nSPS) is 15.5. The number of benzene rings is 1. The Hall–Kier alpha value is -0.530. The lowest BCUT2D eigenvalue weighted by molar-refractivity contribution is -0.170. The predicted molar refractivity (Wildman–Crippen MR) is 110 cm³/mol. The van der Waals surface area contributed by atoms with Gasteiger partial charge in [0.15, 0.2) is 0 Å². The highest BCUT2D eigenvalue weighted by molar-refractivity contribution is 9.10. The first-order valence-electron chi connectivity index (χ1n) is 9.73. The number of alkyl halides is 2. The van der Waals surface area contributed by atoms with Crippen LogP contribution in [-0.4, -0.2) is 48.5 Å². The summed E-state index contributed by atoms with van der Waals surface area (Å²) in [5.41, 5.74) is -0.395. The quantitative estimate of drug-likeness (QED) is 0.232. The van der Waals surface area contributed by atoms with Crippen molar-refractivity contribution in [2.45, 2.75) is 68.7 Å². The summed E-state index contributed by atoms with van der Waals surface area (Å²) >= 11 is 3.21. The Morgan fingerprint density at radius 2 is 1.74 bits per heavy atom. The number of methoxy groups -OCH3 is 1. The van der Waals surface area contributed by atoms with Crippen molar-refractivity contribution in [3.05, 3.63) is 35.9 Å². The van der Waals surface area contributed by atoms with Crippen LogP contribution < -0.4 is 0 Å². The van der Waals surface area contributed by atoms with Gasteiger partial charge >= 0.3 is 0 Å². The van der Waals surface area contributed by atoms with Crippen LogP contribution in [0.15, 0.2) is 30.3 Å². The van der Waals surface area contributed by atoms with Gasteiger partial charge in [-0.05, 0) is 47.2 Å². The van der Waals surface area contributed by atoms with E-state index in [4.69, 9.17) is 14.2 Å². The van der Waals surface area contributed by atoms with E-state index >= 15 is 4.39 Å². The van der Waals surface area contributed by atoms with Gasteiger partial charge in [0, 0.05) is 7.11 Å². The van der Waals surface area contributed by atoms with Crippen molar-refractivity contribution in [1.29, 1.82) is 0 Å². The second-order valence-electron chi connectivity index (χ2n) is 6.85. The maximum absolute atomic E-state index is 15.9. The van der Waals surface area contributed by atoms with Gasteiger partial charge in [0.2, 0.25) is 4.58 Å². The fraction of sp³-hybridized carbons (Fsp3) is 0.714. The molecule has 0 radical (unpaired) electrons. The second-order valence-corrected chi connectivity index (χ2v) is 8.01. The van der Waals surface area contributed by atoms with Crippen LogP contribution in [0.5, 0.6) is 0 Å². The first-order valence-corrected chi connectivity index (χ1v) is 10.5. The summed E-state index contributed by atoms with van der Waals surface area (Å²) < 4.78 is 29.9. The van der Waals surface area contributed by atoms with Gasteiger partial charge in [-0.15, -0.1) is 0 Å². The molecule has 0 bridgehead atoms. The summed E-state index contributed by atoms with van der Waals surface area (Å²) in [6.45, 7) is 4.66. The van der Waals surface area contributed by atoms with Crippen molar-refractivity contribution in [3.8, 4) is 0 Å². The Kier molecular flexibility index (Phi) is 11.7. The molecule has 0 aromatic heterocycles. The van der Waals surface area contributed by atoms with Crippen molar-refractivity contribution < 1.29 is 23.7 Å². The zero-order valence-electron chi connectivity index (χ0n) is 16.8. The van der Waals surface area contributed by atoms with Gasteiger partial charge in [-0.1, -0.05) is 57.0 Å². The highest BCUT2D eigenvalue weighted by Gasteiger charge is 2.54. The minimum atomic E-state index is -2.06. The maximum Gasteiger partial charge on any atom is 0.219 e. The SMILES string of the molecule is CCCC(O)(CCC)[C@](F)(Br)[C@H](CCc1ccccc1)OCOCCOC. The van der Waals surface area contributed by atoms with Gasteiger partial charge in [-0.2, -0.15) is 0 Å². The molecule has 1 rings (SSSR count).